The van der Waals surface area contributed by atoms with E-state index in [9.17, 15) is 9.59 Å². The van der Waals surface area contributed by atoms with Crippen molar-refractivity contribution in [2.45, 2.75) is 58.8 Å². The number of hydrogen-bond acceptors (Lipinski definition) is 5. The monoisotopic (exact) mass is 465 g/mol. The molecule has 0 unspecified atom stereocenters. The summed E-state index contributed by atoms with van der Waals surface area (Å²) in [5.41, 5.74) is 5.21. The van der Waals surface area contributed by atoms with Gasteiger partial charge in [-0.15, -0.1) is 0 Å². The lowest BCUT2D eigenvalue weighted by atomic mass is 9.89. The fourth-order valence-electron chi connectivity index (χ4n) is 4.87. The average Bonchev–Trinajstić information content (AvgIpc) is 2.79. The van der Waals surface area contributed by atoms with Crippen LogP contribution in [0, 0.1) is 0 Å². The fourth-order valence-corrected chi connectivity index (χ4v) is 4.87. The van der Waals surface area contributed by atoms with E-state index in [0.717, 1.165) is 55.2 Å². The minimum absolute atomic E-state index is 0.00262. The summed E-state index contributed by atoms with van der Waals surface area (Å²) >= 11 is 0. The van der Waals surface area contributed by atoms with Crippen LogP contribution >= 0.6 is 0 Å². The van der Waals surface area contributed by atoms with Gasteiger partial charge in [-0.3, -0.25) is 9.69 Å². The van der Waals surface area contributed by atoms with Crippen molar-refractivity contribution in [1.82, 2.24) is 10.2 Å². The Labute approximate surface area is 202 Å². The van der Waals surface area contributed by atoms with Gasteiger partial charge in [0.1, 0.15) is 0 Å². The number of amides is 2. The van der Waals surface area contributed by atoms with Gasteiger partial charge in [-0.05, 0) is 61.6 Å². The Morgan fingerprint density at radius 1 is 1.09 bits per heavy atom. The van der Waals surface area contributed by atoms with Crippen LogP contribution in [0.5, 0.6) is 0 Å². The molecule has 2 aromatic rings. The zero-order valence-corrected chi connectivity index (χ0v) is 20.5. The van der Waals surface area contributed by atoms with Crippen molar-refractivity contribution in [2.24, 2.45) is 0 Å². The quantitative estimate of drug-likeness (QED) is 0.704. The minimum Gasteiger partial charge on any atom is -0.447 e. The predicted molar refractivity (Wildman–Crippen MR) is 133 cm³/mol. The molecule has 2 heterocycles. The van der Waals surface area contributed by atoms with Crippen LogP contribution in [0.1, 0.15) is 51.3 Å². The Morgan fingerprint density at radius 2 is 1.76 bits per heavy atom. The summed E-state index contributed by atoms with van der Waals surface area (Å²) in [5.74, 6) is -0.00262. The van der Waals surface area contributed by atoms with Crippen molar-refractivity contribution in [2.75, 3.05) is 31.2 Å². The lowest BCUT2D eigenvalue weighted by molar-refractivity contribution is -0.117. The molecule has 2 aliphatic heterocycles. The van der Waals surface area contributed by atoms with Crippen LogP contribution < -0.4 is 10.2 Å². The first-order chi connectivity index (χ1) is 16.3. The van der Waals surface area contributed by atoms with Gasteiger partial charge in [-0.2, -0.15) is 0 Å². The summed E-state index contributed by atoms with van der Waals surface area (Å²) in [6.45, 7) is 11.7. The number of rotatable bonds is 5. The maximum atomic E-state index is 12.4. The largest absolute Gasteiger partial charge is 0.447 e. The number of morpholine rings is 1. The maximum Gasteiger partial charge on any atom is 0.407 e. The van der Waals surface area contributed by atoms with Gasteiger partial charge in [-0.25, -0.2) is 4.79 Å². The molecule has 1 saturated heterocycles. The molecule has 0 bridgehead atoms. The number of fused-ring (bicyclic) bond motifs is 1. The smallest absolute Gasteiger partial charge is 0.407 e. The topological polar surface area (TPSA) is 71.1 Å². The molecule has 0 spiro atoms. The molecule has 1 fully saturated rings. The molecule has 2 atom stereocenters. The highest BCUT2D eigenvalue weighted by atomic mass is 16.6. The number of ether oxygens (including phenoxy) is 2. The Balaban J connectivity index is 1.59. The normalized spacial score (nSPS) is 20.7. The molecule has 2 aromatic carbocycles. The summed E-state index contributed by atoms with van der Waals surface area (Å²) in [4.78, 5) is 29.0. The van der Waals surface area contributed by atoms with Crippen molar-refractivity contribution in [3.63, 3.8) is 0 Å². The van der Waals surface area contributed by atoms with Crippen LogP contribution in [0.15, 0.2) is 42.5 Å². The third kappa shape index (κ3) is 5.59. The van der Waals surface area contributed by atoms with Crippen molar-refractivity contribution in [1.29, 1.82) is 0 Å². The summed E-state index contributed by atoms with van der Waals surface area (Å²) in [5, 5.41) is 3.01. The first-order valence-corrected chi connectivity index (χ1v) is 12.1. The van der Waals surface area contributed by atoms with Crippen molar-refractivity contribution in [3.05, 3.63) is 53.6 Å². The van der Waals surface area contributed by atoms with Crippen LogP contribution in [-0.4, -0.2) is 55.3 Å². The second-order valence-electron chi connectivity index (χ2n) is 9.48. The van der Waals surface area contributed by atoms with Crippen LogP contribution in [0.2, 0.25) is 0 Å². The van der Waals surface area contributed by atoms with Gasteiger partial charge < -0.3 is 19.7 Å². The molecule has 7 nitrogen and oxygen atoms in total. The molecule has 1 N–H and O–H groups in total. The summed E-state index contributed by atoms with van der Waals surface area (Å²) in [6, 6.07) is 14.5. The first-order valence-electron chi connectivity index (χ1n) is 12.1. The highest BCUT2D eigenvalue weighted by molar-refractivity contribution is 5.94. The van der Waals surface area contributed by atoms with E-state index in [1.807, 2.05) is 37.8 Å². The molecular weight excluding hydrogens is 430 g/mol. The molecule has 182 valence electrons. The second kappa shape index (κ2) is 10.6. The molecule has 2 amide bonds. The Morgan fingerprint density at radius 3 is 2.41 bits per heavy atom. The van der Waals surface area contributed by atoms with E-state index < -0.39 is 6.09 Å². The summed E-state index contributed by atoms with van der Waals surface area (Å²) in [7, 11) is 0. The number of hydrogen-bond donors (Lipinski definition) is 1. The molecule has 0 saturated carbocycles. The van der Waals surface area contributed by atoms with E-state index in [4.69, 9.17) is 9.47 Å². The van der Waals surface area contributed by atoms with Gasteiger partial charge in [-0.1, -0.05) is 30.3 Å². The van der Waals surface area contributed by atoms with Crippen molar-refractivity contribution in [3.8, 4) is 11.1 Å². The number of anilines is 1. The Bertz CT molecular complexity index is 1020. The van der Waals surface area contributed by atoms with E-state index in [2.05, 4.69) is 40.5 Å². The number of nitrogens with zero attached hydrogens (tertiary/aromatic N) is 2. The van der Waals surface area contributed by atoms with Crippen LogP contribution in [0.4, 0.5) is 10.5 Å². The minimum atomic E-state index is -0.438. The number of benzene rings is 2. The van der Waals surface area contributed by atoms with Crippen molar-refractivity contribution < 1.29 is 19.1 Å². The summed E-state index contributed by atoms with van der Waals surface area (Å²) < 4.78 is 10.8. The van der Waals surface area contributed by atoms with E-state index in [-0.39, 0.29) is 24.1 Å². The predicted octanol–water partition coefficient (Wildman–Crippen LogP) is 4.51. The second-order valence-corrected chi connectivity index (χ2v) is 9.48. The lowest BCUT2D eigenvalue weighted by Gasteiger charge is -2.39. The molecule has 0 radical (unpaired) electrons. The molecule has 0 aromatic heterocycles. The first kappa shape index (κ1) is 24.2. The SMILES string of the molecule is CC(=O)N1c2ccc(-c3ccc(CN4CCOCC4)cc3)cc2[C@H](NC(=O)OC(C)C)C[C@@H]1C. The van der Waals surface area contributed by atoms with Gasteiger partial charge in [0, 0.05) is 38.3 Å². The number of nitrogens with one attached hydrogen (secondary N) is 1. The third-order valence-electron chi connectivity index (χ3n) is 6.45. The molecule has 34 heavy (non-hydrogen) atoms. The molecule has 2 aliphatic rings. The molecule has 7 heteroatoms. The zero-order valence-electron chi connectivity index (χ0n) is 20.5. The maximum absolute atomic E-state index is 12.4. The van der Waals surface area contributed by atoms with Crippen LogP contribution in [-0.2, 0) is 20.8 Å². The van der Waals surface area contributed by atoms with Gasteiger partial charge in [0.15, 0.2) is 0 Å². The Kier molecular flexibility index (Phi) is 7.54. The molecular formula is C27H35N3O4. The Hall–Kier alpha value is -2.90. The highest BCUT2D eigenvalue weighted by Gasteiger charge is 2.33. The van der Waals surface area contributed by atoms with E-state index in [1.165, 1.54) is 5.56 Å². The standard InChI is InChI=1S/C27H35N3O4/c1-18(2)34-27(32)28-25-15-19(3)30(20(4)31)26-10-9-23(16-24(25)26)22-7-5-21(6-8-22)17-29-11-13-33-14-12-29/h5-10,16,18-19,25H,11-15,17H2,1-4H3,(H,28,32)/t19-,25+/m0/s1. The molecule has 4 rings (SSSR count). The lowest BCUT2D eigenvalue weighted by Crippen LogP contribution is -2.45. The van der Waals surface area contributed by atoms with Gasteiger partial charge in [0.25, 0.3) is 0 Å². The van der Waals surface area contributed by atoms with E-state index >= 15 is 0 Å². The average molecular weight is 466 g/mol. The van der Waals surface area contributed by atoms with E-state index in [1.54, 1.807) is 6.92 Å². The van der Waals surface area contributed by atoms with Crippen molar-refractivity contribution >= 4 is 17.7 Å². The fraction of sp³-hybridized carbons (Fsp3) is 0.481. The third-order valence-corrected chi connectivity index (χ3v) is 6.45. The van der Waals surface area contributed by atoms with Crippen LogP contribution in [0.25, 0.3) is 11.1 Å². The zero-order chi connectivity index (χ0) is 24.2. The van der Waals surface area contributed by atoms with Gasteiger partial charge in [0.2, 0.25) is 5.91 Å². The number of alkyl carbamates (subject to hydrolysis) is 1. The number of carbonyl (C=O) groups is 2. The van der Waals surface area contributed by atoms with Crippen LogP contribution in [0.3, 0.4) is 0 Å². The molecule has 0 aliphatic carbocycles. The summed E-state index contributed by atoms with van der Waals surface area (Å²) in [6.07, 6.45) is -0.00866. The highest BCUT2D eigenvalue weighted by Crippen LogP contribution is 2.39. The number of carbonyl (C=O) groups excluding carboxylic acids is 2. The van der Waals surface area contributed by atoms with E-state index in [0.29, 0.717) is 6.42 Å². The van der Waals surface area contributed by atoms with Gasteiger partial charge in [0.05, 0.1) is 25.4 Å². The van der Waals surface area contributed by atoms with Gasteiger partial charge >= 0.3 is 6.09 Å².